The molecule has 2 atom stereocenters. The highest BCUT2D eigenvalue weighted by molar-refractivity contribution is 7.91. The second-order valence-electron chi connectivity index (χ2n) is 14.1. The third-order valence-electron chi connectivity index (χ3n) is 7.93. The van der Waals surface area contributed by atoms with Crippen molar-refractivity contribution in [2.24, 2.45) is 4.40 Å². The molecule has 0 saturated carbocycles. The van der Waals surface area contributed by atoms with Crippen LogP contribution < -0.4 is 10.1 Å². The van der Waals surface area contributed by atoms with E-state index in [0.717, 1.165) is 6.07 Å². The van der Waals surface area contributed by atoms with Crippen LogP contribution in [0.1, 0.15) is 79.2 Å². The molecule has 3 aromatic rings. The minimum absolute atomic E-state index is 0.00520. The molecule has 0 radical (unpaired) electrons. The number of methoxy groups -OCH3 is 1. The smallest absolute Gasteiger partial charge is 0.295 e. The lowest BCUT2D eigenvalue weighted by atomic mass is 10.0. The minimum atomic E-state index is -2.18. The number of nitro benzene ring substituents is 1. The van der Waals surface area contributed by atoms with Crippen LogP contribution in [0, 0.1) is 15.9 Å². The molecular formula is C32H44ClFN6O5SSi. The topological polar surface area (TPSA) is 148 Å². The number of nitrogens with zero attached hydrogens (tertiary/aromatic N) is 5. The molecule has 0 bridgehead atoms. The number of hydrogen-bond donors (Lipinski definition) is 1. The summed E-state index contributed by atoms with van der Waals surface area (Å²) in [6.07, 6.45) is 5.96. The van der Waals surface area contributed by atoms with Crippen LogP contribution in [0.2, 0.25) is 23.3 Å². The summed E-state index contributed by atoms with van der Waals surface area (Å²) in [5.74, 6) is -0.0348. The van der Waals surface area contributed by atoms with E-state index in [-0.39, 0.29) is 27.9 Å². The van der Waals surface area contributed by atoms with Crippen molar-refractivity contribution in [1.82, 2.24) is 15.0 Å². The van der Waals surface area contributed by atoms with Gasteiger partial charge in [0.2, 0.25) is 0 Å². The Bertz CT molecular complexity index is 1610. The van der Waals surface area contributed by atoms with Gasteiger partial charge in [0.05, 0.1) is 35.9 Å². The van der Waals surface area contributed by atoms with E-state index in [1.807, 2.05) is 13.8 Å². The van der Waals surface area contributed by atoms with Crippen molar-refractivity contribution < 1.29 is 23.0 Å². The Labute approximate surface area is 285 Å². The third kappa shape index (κ3) is 9.25. The zero-order chi connectivity index (χ0) is 35.5. The second-order valence-corrected chi connectivity index (χ2v) is 21.1. The Hall–Kier alpha value is -3.17. The van der Waals surface area contributed by atoms with Gasteiger partial charge in [-0.05, 0) is 64.9 Å². The lowest BCUT2D eigenvalue weighted by Gasteiger charge is -2.42. The number of nitrogens with one attached hydrogen (secondary N) is 1. The van der Waals surface area contributed by atoms with Crippen molar-refractivity contribution in [2.45, 2.75) is 96.3 Å². The number of halogens is 2. The Balaban J connectivity index is 2.08. The number of nitro groups is 1. The van der Waals surface area contributed by atoms with Crippen molar-refractivity contribution in [3.8, 4) is 16.9 Å². The molecule has 2 heterocycles. The molecule has 0 amide bonds. The monoisotopic (exact) mass is 706 g/mol. The fourth-order valence-electron chi connectivity index (χ4n) is 4.40. The van der Waals surface area contributed by atoms with E-state index >= 15 is 4.39 Å². The highest BCUT2D eigenvalue weighted by atomic mass is 35.5. The summed E-state index contributed by atoms with van der Waals surface area (Å²) < 4.78 is 43.8. The first-order valence-electron chi connectivity index (χ1n) is 15.0. The Kier molecular flexibility index (Phi) is 11.8. The molecule has 3 rings (SSSR count). The van der Waals surface area contributed by atoms with E-state index in [2.05, 4.69) is 58.5 Å². The molecule has 2 aromatic heterocycles. The number of aromatic nitrogens is 3. The van der Waals surface area contributed by atoms with Gasteiger partial charge in [-0.1, -0.05) is 36.8 Å². The van der Waals surface area contributed by atoms with E-state index in [0.29, 0.717) is 22.7 Å². The first kappa shape index (κ1) is 38.3. The van der Waals surface area contributed by atoms with Gasteiger partial charge in [-0.15, -0.1) is 0 Å². The standard InChI is InChI=1S/C32H44ClFN6O5SSi/c1-30(2,3)46(43)38-15-12-23(27-26(44-9)13-14-35-28(27)33)39-24-16-21(22(34)17-25(24)40(41)42)20-18-36-29(37-19-20)32(7,8)45-47(10,11)31(4,5)6/h13-19,23,39H,12H2,1-11H3/b38-15-/t23?,46-/m1/s1. The molecule has 0 saturated heterocycles. The number of ether oxygens (including phenoxy) is 1. The third-order valence-corrected chi connectivity index (χ3v) is 14.3. The molecule has 1 N–H and O–H groups in total. The van der Waals surface area contributed by atoms with Gasteiger partial charge in [0.1, 0.15) is 44.1 Å². The molecule has 11 nitrogen and oxygen atoms in total. The van der Waals surface area contributed by atoms with Gasteiger partial charge >= 0.3 is 0 Å². The predicted molar refractivity (Wildman–Crippen MR) is 189 cm³/mol. The summed E-state index contributed by atoms with van der Waals surface area (Å²) in [5, 5.41) is 15.3. The Morgan fingerprint density at radius 2 is 1.74 bits per heavy atom. The van der Waals surface area contributed by atoms with Crippen LogP contribution in [0.4, 0.5) is 15.8 Å². The summed E-state index contributed by atoms with van der Waals surface area (Å²) in [4.78, 5) is 24.6. The summed E-state index contributed by atoms with van der Waals surface area (Å²) in [7, 11) is -0.722. The maximum Gasteiger partial charge on any atom is 0.295 e. The van der Waals surface area contributed by atoms with Gasteiger partial charge in [0.15, 0.2) is 14.1 Å². The van der Waals surface area contributed by atoms with Crippen molar-refractivity contribution in [3.05, 3.63) is 69.3 Å². The van der Waals surface area contributed by atoms with E-state index in [1.165, 1.54) is 38.0 Å². The van der Waals surface area contributed by atoms with Crippen molar-refractivity contribution in [2.75, 3.05) is 12.4 Å². The molecule has 256 valence electrons. The van der Waals surface area contributed by atoms with Crippen LogP contribution in [0.3, 0.4) is 0 Å². The fraction of sp³-hybridized carbons (Fsp3) is 0.500. The average molecular weight is 707 g/mol. The number of rotatable bonds is 12. The lowest BCUT2D eigenvalue weighted by Crippen LogP contribution is -2.46. The number of hydrogen-bond acceptors (Lipinski definition) is 10. The van der Waals surface area contributed by atoms with Gasteiger partial charge in [-0.2, -0.15) is 0 Å². The van der Waals surface area contributed by atoms with Gasteiger partial charge in [0, 0.05) is 36.1 Å². The Morgan fingerprint density at radius 3 is 2.28 bits per heavy atom. The van der Waals surface area contributed by atoms with Crippen molar-refractivity contribution in [1.29, 1.82) is 0 Å². The van der Waals surface area contributed by atoms with E-state index in [1.54, 1.807) is 26.8 Å². The van der Waals surface area contributed by atoms with Crippen LogP contribution >= 0.6 is 11.6 Å². The molecule has 0 spiro atoms. The predicted octanol–water partition coefficient (Wildman–Crippen LogP) is 8.58. The van der Waals surface area contributed by atoms with Gasteiger partial charge in [-0.25, -0.2) is 19.3 Å². The first-order chi connectivity index (χ1) is 21.6. The zero-order valence-electron chi connectivity index (χ0n) is 28.8. The van der Waals surface area contributed by atoms with Crippen LogP contribution in [0.5, 0.6) is 5.75 Å². The van der Waals surface area contributed by atoms with Gasteiger partial charge in [0.25, 0.3) is 5.69 Å². The number of benzene rings is 1. The molecule has 0 fully saturated rings. The molecule has 0 aliphatic heterocycles. The van der Waals surface area contributed by atoms with Gasteiger partial charge < -0.3 is 19.0 Å². The largest absolute Gasteiger partial charge is 0.591 e. The Morgan fingerprint density at radius 1 is 1.13 bits per heavy atom. The highest BCUT2D eigenvalue weighted by Crippen LogP contribution is 2.42. The molecule has 0 aliphatic rings. The minimum Gasteiger partial charge on any atom is -0.591 e. The summed E-state index contributed by atoms with van der Waals surface area (Å²) >= 11 is 4.95. The van der Waals surface area contributed by atoms with Gasteiger partial charge in [-0.3, -0.25) is 10.1 Å². The van der Waals surface area contributed by atoms with Crippen molar-refractivity contribution >= 4 is 48.9 Å². The summed E-state index contributed by atoms with van der Waals surface area (Å²) in [6.45, 7) is 19.9. The normalized spacial score (nSPS) is 14.3. The maximum absolute atomic E-state index is 15.5. The number of pyridine rings is 1. The number of anilines is 1. The lowest BCUT2D eigenvalue weighted by molar-refractivity contribution is -0.384. The second kappa shape index (κ2) is 14.5. The average Bonchev–Trinajstić information content (AvgIpc) is 2.95. The molecular weight excluding hydrogens is 663 g/mol. The van der Waals surface area contributed by atoms with Crippen LogP contribution in [0.15, 0.2) is 41.2 Å². The van der Waals surface area contributed by atoms with Crippen LogP contribution in [-0.4, -0.2) is 50.8 Å². The fourth-order valence-corrected chi connectivity index (χ4v) is 6.89. The molecule has 1 unspecified atom stereocenters. The molecule has 1 aromatic carbocycles. The molecule has 47 heavy (non-hydrogen) atoms. The molecule has 15 heteroatoms. The highest BCUT2D eigenvalue weighted by Gasteiger charge is 2.43. The van der Waals surface area contributed by atoms with E-state index < -0.39 is 52.5 Å². The van der Waals surface area contributed by atoms with Crippen LogP contribution in [0.25, 0.3) is 11.1 Å². The summed E-state index contributed by atoms with van der Waals surface area (Å²) in [5.41, 5.74) is -0.584. The SMILES string of the molecule is COc1ccnc(Cl)c1C(C/C=N\[S@+]([O-])C(C)(C)C)Nc1cc(-c2cnc(C(C)(C)O[Si](C)(C)C(C)(C)C)nc2)c(F)cc1[N+](=O)[O-]. The quantitative estimate of drug-likeness (QED) is 0.0488. The van der Waals surface area contributed by atoms with Crippen LogP contribution in [-0.2, 0) is 21.4 Å². The van der Waals surface area contributed by atoms with Crippen molar-refractivity contribution in [3.63, 3.8) is 0 Å². The van der Waals surface area contributed by atoms with E-state index in [4.69, 9.17) is 20.8 Å². The first-order valence-corrected chi connectivity index (χ1v) is 19.4. The molecule has 0 aliphatic carbocycles. The maximum atomic E-state index is 15.5. The van der Waals surface area contributed by atoms with E-state index in [9.17, 15) is 14.7 Å². The summed E-state index contributed by atoms with van der Waals surface area (Å²) in [6, 6.07) is 2.98. The zero-order valence-corrected chi connectivity index (χ0v) is 31.3.